The van der Waals surface area contributed by atoms with E-state index in [4.69, 9.17) is 9.47 Å². The van der Waals surface area contributed by atoms with Gasteiger partial charge in [-0.15, -0.1) is 0 Å². The zero-order valence-corrected chi connectivity index (χ0v) is 17.8. The summed E-state index contributed by atoms with van der Waals surface area (Å²) < 4.78 is 11.5. The highest BCUT2D eigenvalue weighted by Gasteiger charge is 2.29. The lowest BCUT2D eigenvalue weighted by molar-refractivity contribution is 0.0599. The first-order valence-electron chi connectivity index (χ1n) is 9.81. The summed E-state index contributed by atoms with van der Waals surface area (Å²) in [6.45, 7) is 8.85. The van der Waals surface area contributed by atoms with E-state index in [1.807, 2.05) is 61.5 Å². The Morgan fingerprint density at radius 2 is 1.52 bits per heavy atom. The Hall–Kier alpha value is -3.07. The molecule has 0 spiro atoms. The highest BCUT2D eigenvalue weighted by Crippen LogP contribution is 2.43. The monoisotopic (exact) mass is 388 g/mol. The van der Waals surface area contributed by atoms with Crippen LogP contribution in [0, 0.1) is 6.92 Å². The number of rotatable bonds is 5. The van der Waals surface area contributed by atoms with Crippen molar-refractivity contribution in [2.75, 3.05) is 7.11 Å². The smallest absolute Gasteiger partial charge is 0.338 e. The number of hydrogen-bond donors (Lipinski definition) is 0. The van der Waals surface area contributed by atoms with E-state index < -0.39 is 0 Å². The van der Waals surface area contributed by atoms with Crippen LogP contribution in [-0.4, -0.2) is 13.1 Å². The molecule has 29 heavy (non-hydrogen) atoms. The summed E-state index contributed by atoms with van der Waals surface area (Å²) >= 11 is 0. The molecule has 0 aliphatic carbocycles. The van der Waals surface area contributed by atoms with Crippen molar-refractivity contribution in [1.82, 2.24) is 0 Å². The fourth-order valence-corrected chi connectivity index (χ4v) is 3.69. The molecule has 3 heteroatoms. The molecule has 3 aromatic carbocycles. The van der Waals surface area contributed by atoms with Crippen LogP contribution in [0.1, 0.15) is 47.8 Å². The summed E-state index contributed by atoms with van der Waals surface area (Å²) in [4.78, 5) is 12.5. The molecular formula is C26H28O3. The second kappa shape index (κ2) is 8.52. The van der Waals surface area contributed by atoms with Gasteiger partial charge >= 0.3 is 5.97 Å². The highest BCUT2D eigenvalue weighted by atomic mass is 16.5. The molecule has 3 aromatic rings. The number of esters is 1. The molecule has 3 nitrogen and oxygen atoms in total. The predicted octanol–water partition coefficient (Wildman–Crippen LogP) is 6.33. The molecule has 0 radical (unpaired) electrons. The van der Waals surface area contributed by atoms with E-state index in [2.05, 4.69) is 32.9 Å². The first-order chi connectivity index (χ1) is 13.8. The maximum Gasteiger partial charge on any atom is 0.338 e. The third-order valence-corrected chi connectivity index (χ3v) is 5.01. The maximum absolute atomic E-state index is 12.5. The Balaban J connectivity index is 2.24. The lowest BCUT2D eigenvalue weighted by Crippen LogP contribution is -2.19. The molecule has 3 rings (SSSR count). The molecule has 0 aliphatic rings. The normalized spacial score (nSPS) is 11.2. The summed E-state index contributed by atoms with van der Waals surface area (Å²) in [7, 11) is 1.42. The van der Waals surface area contributed by atoms with Gasteiger partial charge < -0.3 is 9.47 Å². The van der Waals surface area contributed by atoms with Crippen LogP contribution >= 0.6 is 0 Å². The fraction of sp³-hybridized carbons (Fsp3) is 0.269. The molecule has 0 aromatic heterocycles. The molecular weight excluding hydrogens is 360 g/mol. The Morgan fingerprint density at radius 3 is 2.07 bits per heavy atom. The Bertz CT molecular complexity index is 984. The average molecular weight is 389 g/mol. The Morgan fingerprint density at radius 1 is 0.931 bits per heavy atom. The third-order valence-electron chi connectivity index (χ3n) is 5.01. The standard InChI is InChI=1S/C26H28O3/c1-18-21(25(27)28-5)16-22(20-14-10-7-11-15-20)24(23(18)26(2,3)4)29-17-19-12-8-6-9-13-19/h6-16H,17H2,1-5H3. The van der Waals surface area contributed by atoms with Crippen molar-refractivity contribution < 1.29 is 14.3 Å². The van der Waals surface area contributed by atoms with Crippen LogP contribution in [0.2, 0.25) is 0 Å². The van der Waals surface area contributed by atoms with Crippen LogP contribution in [0.4, 0.5) is 0 Å². The van der Waals surface area contributed by atoms with Crippen LogP contribution < -0.4 is 4.74 Å². The third kappa shape index (κ3) is 4.51. The Kier molecular flexibility index (Phi) is 6.07. The maximum atomic E-state index is 12.5. The summed E-state index contributed by atoms with van der Waals surface area (Å²) in [5, 5.41) is 0. The molecule has 0 saturated heterocycles. The van der Waals surface area contributed by atoms with Crippen LogP contribution in [0.15, 0.2) is 66.7 Å². The minimum atomic E-state index is -0.334. The summed E-state index contributed by atoms with van der Waals surface area (Å²) in [5.74, 6) is 0.484. The van der Waals surface area contributed by atoms with Crippen molar-refractivity contribution in [3.8, 4) is 16.9 Å². The average Bonchev–Trinajstić information content (AvgIpc) is 2.72. The van der Waals surface area contributed by atoms with E-state index in [0.717, 1.165) is 33.6 Å². The number of hydrogen-bond acceptors (Lipinski definition) is 3. The number of ether oxygens (including phenoxy) is 2. The van der Waals surface area contributed by atoms with Gasteiger partial charge in [-0.05, 0) is 35.1 Å². The number of carbonyl (C=O) groups excluding carboxylic acids is 1. The minimum absolute atomic E-state index is 0.219. The van der Waals surface area contributed by atoms with Gasteiger partial charge in [0.25, 0.3) is 0 Å². The lowest BCUT2D eigenvalue weighted by Gasteiger charge is -2.28. The van der Waals surface area contributed by atoms with Crippen molar-refractivity contribution in [3.05, 3.63) is 89.0 Å². The van der Waals surface area contributed by atoms with Gasteiger partial charge in [-0.2, -0.15) is 0 Å². The molecule has 150 valence electrons. The highest BCUT2D eigenvalue weighted by molar-refractivity contribution is 5.94. The van der Waals surface area contributed by atoms with E-state index in [1.54, 1.807) is 0 Å². The van der Waals surface area contributed by atoms with Crippen LogP contribution in [-0.2, 0) is 16.8 Å². The van der Waals surface area contributed by atoms with E-state index >= 15 is 0 Å². The first-order valence-corrected chi connectivity index (χ1v) is 9.81. The van der Waals surface area contributed by atoms with Crippen molar-refractivity contribution in [2.45, 2.75) is 39.7 Å². The molecule has 0 bridgehead atoms. The van der Waals surface area contributed by atoms with Gasteiger partial charge in [0.2, 0.25) is 0 Å². The van der Waals surface area contributed by atoms with E-state index in [9.17, 15) is 4.79 Å². The van der Waals surface area contributed by atoms with Gasteiger partial charge in [0.05, 0.1) is 12.7 Å². The summed E-state index contributed by atoms with van der Waals surface area (Å²) in [6.07, 6.45) is 0. The quantitative estimate of drug-likeness (QED) is 0.479. The van der Waals surface area contributed by atoms with Crippen LogP contribution in [0.25, 0.3) is 11.1 Å². The molecule has 0 fully saturated rings. The zero-order chi connectivity index (χ0) is 21.0. The summed E-state index contributed by atoms with van der Waals surface area (Å²) in [5.41, 5.74) is 5.28. The molecule has 0 atom stereocenters. The van der Waals surface area contributed by atoms with Gasteiger partial charge in [0, 0.05) is 11.1 Å². The van der Waals surface area contributed by atoms with Crippen LogP contribution in [0.3, 0.4) is 0 Å². The van der Waals surface area contributed by atoms with Gasteiger partial charge in [-0.25, -0.2) is 4.79 Å². The first kappa shape index (κ1) is 20.7. The second-order valence-electron chi connectivity index (χ2n) is 8.18. The van der Waals surface area contributed by atoms with Crippen molar-refractivity contribution in [3.63, 3.8) is 0 Å². The number of methoxy groups -OCH3 is 1. The fourth-order valence-electron chi connectivity index (χ4n) is 3.69. The minimum Gasteiger partial charge on any atom is -0.488 e. The van der Waals surface area contributed by atoms with Gasteiger partial charge in [0.15, 0.2) is 0 Å². The Labute approximate surface area is 173 Å². The van der Waals surface area contributed by atoms with E-state index in [0.29, 0.717) is 12.2 Å². The SMILES string of the molecule is COC(=O)c1cc(-c2ccccc2)c(OCc2ccccc2)c(C(C)(C)C)c1C. The molecule has 0 N–H and O–H groups in total. The number of benzene rings is 3. The molecule has 0 heterocycles. The summed E-state index contributed by atoms with van der Waals surface area (Å²) in [6, 6.07) is 22.0. The molecule has 0 amide bonds. The molecule has 0 aliphatic heterocycles. The van der Waals surface area contributed by atoms with Gasteiger partial charge in [-0.3, -0.25) is 0 Å². The zero-order valence-electron chi connectivity index (χ0n) is 17.8. The molecule has 0 unspecified atom stereocenters. The van der Waals surface area contributed by atoms with Crippen molar-refractivity contribution >= 4 is 5.97 Å². The predicted molar refractivity (Wildman–Crippen MR) is 117 cm³/mol. The van der Waals surface area contributed by atoms with E-state index in [-0.39, 0.29) is 11.4 Å². The lowest BCUT2D eigenvalue weighted by atomic mass is 9.79. The largest absolute Gasteiger partial charge is 0.488 e. The van der Waals surface area contributed by atoms with Gasteiger partial charge in [-0.1, -0.05) is 81.4 Å². The van der Waals surface area contributed by atoms with Crippen molar-refractivity contribution in [1.29, 1.82) is 0 Å². The van der Waals surface area contributed by atoms with E-state index in [1.165, 1.54) is 7.11 Å². The van der Waals surface area contributed by atoms with Gasteiger partial charge in [0.1, 0.15) is 12.4 Å². The van der Waals surface area contributed by atoms with Crippen molar-refractivity contribution in [2.24, 2.45) is 0 Å². The number of carbonyl (C=O) groups is 1. The topological polar surface area (TPSA) is 35.5 Å². The molecule has 0 saturated carbocycles. The second-order valence-corrected chi connectivity index (χ2v) is 8.18. The van der Waals surface area contributed by atoms with Crippen LogP contribution in [0.5, 0.6) is 5.75 Å².